The molecule has 3 spiro atoms. The predicted molar refractivity (Wildman–Crippen MR) is 414 cm³/mol. The molecule has 0 aromatic heterocycles. The van der Waals surface area contributed by atoms with Gasteiger partial charge < -0.3 is 0 Å². The summed E-state index contributed by atoms with van der Waals surface area (Å²) >= 11 is 0. The normalized spacial score (nSPS) is 38.7. The molecule has 0 aliphatic heterocycles. The highest BCUT2D eigenvalue weighted by molar-refractivity contribution is 5.07. The largest absolute Gasteiger partial charge is 0.0683 e. The van der Waals surface area contributed by atoms with Crippen molar-refractivity contribution in [2.45, 2.75) is 462 Å². The highest BCUT2D eigenvalue weighted by Gasteiger charge is 2.56. The summed E-state index contributed by atoms with van der Waals surface area (Å²) in [6, 6.07) is 0. The summed E-state index contributed by atoms with van der Waals surface area (Å²) in [5, 5.41) is 0. The van der Waals surface area contributed by atoms with Crippen molar-refractivity contribution in [2.24, 2.45) is 116 Å². The second kappa shape index (κ2) is 49.5. The van der Waals surface area contributed by atoms with Crippen molar-refractivity contribution in [3.8, 4) is 0 Å². The molecule has 12 unspecified atom stereocenters. The van der Waals surface area contributed by atoms with Crippen molar-refractivity contribution in [1.82, 2.24) is 0 Å². The molecule has 0 amide bonds. The van der Waals surface area contributed by atoms with Crippen LogP contribution in [0.25, 0.3) is 0 Å². The molecule has 90 heavy (non-hydrogen) atoms. The van der Waals surface area contributed by atoms with Crippen LogP contribution in [-0.4, -0.2) is 0 Å². The first-order valence-electron chi connectivity index (χ1n) is 44.5. The molecule has 14 bridgehead atoms. The van der Waals surface area contributed by atoms with E-state index < -0.39 is 0 Å². The molecule has 0 nitrogen and oxygen atoms in total. The Balaban J connectivity index is 0.000000506. The van der Waals surface area contributed by atoms with Gasteiger partial charge in [-0.25, -0.2) is 0 Å². The first kappa shape index (κ1) is 88.0. The Morgan fingerprint density at radius 2 is 0.567 bits per heavy atom. The highest BCUT2D eigenvalue weighted by atomic mass is 14.6. The van der Waals surface area contributed by atoms with E-state index in [1.165, 1.54) is 95.7 Å². The maximum absolute atomic E-state index is 2.00. The van der Waals surface area contributed by atoms with Gasteiger partial charge in [-0.2, -0.15) is 0 Å². The zero-order valence-electron chi connectivity index (χ0n) is 67.8. The fraction of sp³-hybridized carbons (Fsp3) is 1.00. The molecule has 18 fully saturated rings. The Morgan fingerprint density at radius 3 is 1.00 bits per heavy atom. The molecule has 0 aromatic rings. The SMILES string of the molecule is C1CC2CC3CC(C1)C2C3.C1CC2CC3CCC2C3C1.C1CCC2(CC1)C1CCC2CC1.C1CCC2(CC1)CC1CCC2C1.C1CCC23CCC(CC2)C3C1.C1CCC23CCC(CC2C1)C3.CC.CC.CC.CC.CC.CC.CC.CC.CC.CC.CC.CC. The Bertz CT molecular complexity index is 1550. The summed E-state index contributed by atoms with van der Waals surface area (Å²) in [5.41, 5.74) is 3.60. The molecule has 18 saturated carbocycles. The summed E-state index contributed by atoms with van der Waals surface area (Å²) in [7, 11) is 0. The van der Waals surface area contributed by atoms with E-state index in [0.717, 1.165) is 33.5 Å². The van der Waals surface area contributed by atoms with Crippen LogP contribution in [0.3, 0.4) is 0 Å². The minimum absolute atomic E-state index is 0.890. The molecule has 12 atom stereocenters. The van der Waals surface area contributed by atoms with Gasteiger partial charge in [0.25, 0.3) is 0 Å². The van der Waals surface area contributed by atoms with E-state index in [2.05, 4.69) is 0 Å². The number of fused-ring (bicyclic) bond motifs is 5. The topological polar surface area (TPSA) is 0 Å². The van der Waals surface area contributed by atoms with Crippen LogP contribution in [0.1, 0.15) is 462 Å². The van der Waals surface area contributed by atoms with Gasteiger partial charge in [0.15, 0.2) is 0 Å². The molecule has 0 saturated heterocycles. The molecule has 0 heterocycles. The van der Waals surface area contributed by atoms with Crippen molar-refractivity contribution < 1.29 is 0 Å². The van der Waals surface area contributed by atoms with Crippen molar-refractivity contribution in [1.29, 1.82) is 0 Å². The van der Waals surface area contributed by atoms with Crippen LogP contribution in [0.5, 0.6) is 0 Å². The van der Waals surface area contributed by atoms with Crippen molar-refractivity contribution in [3.63, 3.8) is 0 Å². The lowest BCUT2D eigenvalue weighted by Crippen LogP contribution is -2.29. The van der Waals surface area contributed by atoms with Gasteiger partial charge in [0.05, 0.1) is 0 Å². The van der Waals surface area contributed by atoms with Crippen molar-refractivity contribution in [2.75, 3.05) is 0 Å². The van der Waals surface area contributed by atoms with Crippen molar-refractivity contribution in [3.05, 3.63) is 0 Å². The van der Waals surface area contributed by atoms with Crippen molar-refractivity contribution >= 4 is 0 Å². The first-order valence-corrected chi connectivity index (χ1v) is 44.5. The van der Waals surface area contributed by atoms with E-state index in [1.807, 2.05) is 166 Å². The molecule has 18 rings (SSSR count). The zero-order chi connectivity index (χ0) is 67.8. The van der Waals surface area contributed by atoms with Crippen LogP contribution < -0.4 is 0 Å². The van der Waals surface area contributed by atoms with Crippen LogP contribution >= 0.6 is 0 Å². The van der Waals surface area contributed by atoms with E-state index in [0.29, 0.717) is 0 Å². The zero-order valence-corrected chi connectivity index (χ0v) is 67.8. The lowest BCUT2D eigenvalue weighted by molar-refractivity contribution is 0.102. The van der Waals surface area contributed by atoms with Crippen LogP contribution in [0.15, 0.2) is 0 Å². The molecule has 0 N–H and O–H groups in total. The number of rotatable bonds is 0. The van der Waals surface area contributed by atoms with E-state index in [1.54, 1.807) is 283 Å². The average molecular weight is 1260 g/mol. The molecular weight excluding hydrogens is 1080 g/mol. The third-order valence-electron chi connectivity index (χ3n) is 28.2. The molecular formula is C90H180. The second-order valence-corrected chi connectivity index (χ2v) is 30.3. The molecule has 0 aromatic carbocycles. The first-order chi connectivity index (χ1) is 44.5. The van der Waals surface area contributed by atoms with Crippen LogP contribution in [0.4, 0.5) is 0 Å². The van der Waals surface area contributed by atoms with Gasteiger partial charge in [-0.15, -0.1) is 0 Å². The molecule has 18 aliphatic carbocycles. The third kappa shape index (κ3) is 22.0. The average Bonchev–Trinajstić information content (AvgIpc) is 1.88. The standard InChI is InChI=1S/2C12H20.2C11H18.2C10H16.12C2H6/c1-2-8-12(9-3-1)10-4-5-11(12)7-6-10;1-2-6-12(7-3-1)9-10-4-5-11(12)8-10;1-2-6-11-7-4-9(5-8-11)10(11)3-1;1-2-5-11-6-4-9(8-11)7-10(11)3-1;1-2-8-4-7-5-9(3-1)10(8)6-7;1-2-7-6-8-4-5-10(7)9(8)3-1;12*1-2/h2*10-11H,1-9H2;2*9-10H,1-8H2;2*7-10H,1-6H2;12*1-2H3. The summed E-state index contributed by atoms with van der Waals surface area (Å²) in [6.45, 7) is 48.0. The molecule has 18 aliphatic rings. The number of hydrogen-bond donors (Lipinski definition) is 0. The summed E-state index contributed by atoms with van der Waals surface area (Å²) in [5.74, 6) is 18.9. The van der Waals surface area contributed by atoms with E-state index >= 15 is 0 Å². The quantitative estimate of drug-likeness (QED) is 0.227. The fourth-order valence-corrected chi connectivity index (χ4v) is 25.5. The molecule has 0 heteroatoms. The van der Waals surface area contributed by atoms with Crippen LogP contribution in [0, 0.1) is 116 Å². The lowest BCUT2D eigenvalue weighted by atomic mass is 9.64. The van der Waals surface area contributed by atoms with E-state index in [4.69, 9.17) is 0 Å². The summed E-state index contributed by atoms with van der Waals surface area (Å²) < 4.78 is 0. The fourth-order valence-electron chi connectivity index (χ4n) is 25.5. The Labute approximate surface area is 574 Å². The highest BCUT2D eigenvalue weighted by Crippen LogP contribution is 2.67. The van der Waals surface area contributed by atoms with Gasteiger partial charge in [0.2, 0.25) is 0 Å². The number of hydrogen-bond acceptors (Lipinski definition) is 0. The predicted octanol–water partition coefficient (Wildman–Crippen LogP) is 32.2. The maximum atomic E-state index is 2.00. The van der Waals surface area contributed by atoms with Gasteiger partial charge >= 0.3 is 0 Å². The van der Waals surface area contributed by atoms with Gasteiger partial charge in [-0.1, -0.05) is 269 Å². The lowest BCUT2D eigenvalue weighted by Gasteiger charge is -2.41. The van der Waals surface area contributed by atoms with Crippen LogP contribution in [0.2, 0.25) is 0 Å². The van der Waals surface area contributed by atoms with E-state index in [9.17, 15) is 0 Å². The Kier molecular flexibility index (Phi) is 48.4. The molecule has 540 valence electrons. The van der Waals surface area contributed by atoms with Gasteiger partial charge in [0.1, 0.15) is 0 Å². The van der Waals surface area contributed by atoms with Crippen LogP contribution in [-0.2, 0) is 0 Å². The smallest absolute Gasteiger partial charge is 0.0241 e. The molecule has 0 radical (unpaired) electrons. The minimum atomic E-state index is 0.890. The summed E-state index contributed by atoms with van der Waals surface area (Å²) in [4.78, 5) is 0. The van der Waals surface area contributed by atoms with Gasteiger partial charge in [-0.3, -0.25) is 0 Å². The monoisotopic (exact) mass is 1260 g/mol. The summed E-state index contributed by atoms with van der Waals surface area (Å²) in [6.07, 6.45) is 72.8. The minimum Gasteiger partial charge on any atom is -0.0683 e. The second-order valence-electron chi connectivity index (χ2n) is 30.3. The third-order valence-corrected chi connectivity index (χ3v) is 28.2. The van der Waals surface area contributed by atoms with Gasteiger partial charge in [0, 0.05) is 0 Å². The van der Waals surface area contributed by atoms with Gasteiger partial charge in [-0.05, 0) is 309 Å². The maximum Gasteiger partial charge on any atom is -0.0241 e. The van der Waals surface area contributed by atoms with E-state index in [-0.39, 0.29) is 0 Å². The Morgan fingerprint density at radius 1 is 0.189 bits per heavy atom. The Hall–Kier alpha value is 0.